The molecule has 0 saturated carbocycles. The number of aryl methyl sites for hydroxylation is 3. The zero-order valence-electron chi connectivity index (χ0n) is 17.0. The highest BCUT2D eigenvalue weighted by Gasteiger charge is 2.14. The van der Waals surface area contributed by atoms with Gasteiger partial charge in [0.05, 0.1) is 6.42 Å². The number of carboxylic acids is 1. The topological polar surface area (TPSA) is 62.3 Å². The highest BCUT2D eigenvalue weighted by Crippen LogP contribution is 2.33. The molecule has 2 aromatic carbocycles. The molecule has 0 aliphatic carbocycles. The van der Waals surface area contributed by atoms with E-state index in [1.54, 1.807) is 0 Å². The Labute approximate surface area is 166 Å². The predicted molar refractivity (Wildman–Crippen MR) is 113 cm³/mol. The molecule has 3 aromatic rings. The molecule has 148 valence electrons. The van der Waals surface area contributed by atoms with E-state index in [2.05, 4.69) is 24.2 Å². The fraction of sp³-hybridized carbons (Fsp3) is 0.375. The van der Waals surface area contributed by atoms with Gasteiger partial charge < -0.3 is 14.8 Å². The summed E-state index contributed by atoms with van der Waals surface area (Å²) in [4.78, 5) is 14.6. The molecule has 2 N–H and O–H groups in total. The number of nitrogens with one attached hydrogen (secondary N) is 1. The maximum Gasteiger partial charge on any atom is 0.307 e. The Kier molecular flexibility index (Phi) is 6.40. The molecule has 0 aliphatic rings. The lowest BCUT2D eigenvalue weighted by Crippen LogP contribution is -2.04. The van der Waals surface area contributed by atoms with Gasteiger partial charge >= 0.3 is 5.97 Å². The predicted octanol–water partition coefficient (Wildman–Crippen LogP) is 6.33. The summed E-state index contributed by atoms with van der Waals surface area (Å²) in [6, 6.07) is 9.94. The molecule has 0 atom stereocenters. The van der Waals surface area contributed by atoms with E-state index < -0.39 is 5.97 Å². The van der Waals surface area contributed by atoms with E-state index in [0.29, 0.717) is 11.3 Å². The summed E-state index contributed by atoms with van der Waals surface area (Å²) in [7, 11) is 0. The third kappa shape index (κ3) is 4.75. The van der Waals surface area contributed by atoms with Crippen molar-refractivity contribution in [2.24, 2.45) is 0 Å². The van der Waals surface area contributed by atoms with Crippen LogP contribution in [0.15, 0.2) is 36.5 Å². The van der Waals surface area contributed by atoms with Crippen LogP contribution in [0.4, 0.5) is 0 Å². The number of ether oxygens (including phenoxy) is 1. The average molecular weight is 380 g/mol. The summed E-state index contributed by atoms with van der Waals surface area (Å²) in [5.74, 6) is 0.526. The summed E-state index contributed by atoms with van der Waals surface area (Å²) in [6.45, 7) is 6.15. The first-order valence-electron chi connectivity index (χ1n) is 10.1. The summed E-state index contributed by atoms with van der Waals surface area (Å²) >= 11 is 0. The molecular weight excluding hydrogens is 350 g/mol. The number of aromatic nitrogens is 1. The van der Waals surface area contributed by atoms with E-state index in [4.69, 9.17) is 4.74 Å². The lowest BCUT2D eigenvalue weighted by Gasteiger charge is -2.14. The first kappa shape index (κ1) is 20.0. The molecule has 0 fully saturated rings. The van der Waals surface area contributed by atoms with Gasteiger partial charge in [0.25, 0.3) is 0 Å². The van der Waals surface area contributed by atoms with Gasteiger partial charge in [0.1, 0.15) is 11.5 Å². The van der Waals surface area contributed by atoms with E-state index >= 15 is 0 Å². The van der Waals surface area contributed by atoms with Crippen LogP contribution in [0.1, 0.15) is 54.9 Å². The first-order valence-corrected chi connectivity index (χ1v) is 10.1. The van der Waals surface area contributed by atoms with Crippen LogP contribution < -0.4 is 4.74 Å². The normalized spacial score (nSPS) is 11.1. The smallest absolute Gasteiger partial charge is 0.307 e. The van der Waals surface area contributed by atoms with Gasteiger partial charge in [-0.25, -0.2) is 0 Å². The van der Waals surface area contributed by atoms with Crippen molar-refractivity contribution in [1.82, 2.24) is 4.98 Å². The number of hydrogen-bond donors (Lipinski definition) is 2. The minimum absolute atomic E-state index is 0.0487. The Morgan fingerprint density at radius 2 is 1.89 bits per heavy atom. The van der Waals surface area contributed by atoms with Crippen LogP contribution >= 0.6 is 0 Å². The van der Waals surface area contributed by atoms with Gasteiger partial charge in [0.15, 0.2) is 0 Å². The van der Waals surface area contributed by atoms with Crippen molar-refractivity contribution in [3.63, 3.8) is 0 Å². The summed E-state index contributed by atoms with van der Waals surface area (Å²) in [6.07, 6.45) is 8.04. The maximum atomic E-state index is 11.3. The number of aromatic amines is 1. The number of hydrogen-bond acceptors (Lipinski definition) is 2. The van der Waals surface area contributed by atoms with Crippen molar-refractivity contribution in [2.45, 2.75) is 59.3 Å². The van der Waals surface area contributed by atoms with E-state index in [9.17, 15) is 9.90 Å². The molecule has 4 nitrogen and oxygen atoms in total. The molecule has 0 unspecified atom stereocenters. The minimum Gasteiger partial charge on any atom is -0.481 e. The van der Waals surface area contributed by atoms with Crippen molar-refractivity contribution >= 4 is 16.9 Å². The Morgan fingerprint density at radius 1 is 1.07 bits per heavy atom. The minimum atomic E-state index is -0.856. The second-order valence-corrected chi connectivity index (χ2v) is 7.57. The van der Waals surface area contributed by atoms with Gasteiger partial charge in [0.2, 0.25) is 0 Å². The number of unbranched alkanes of at least 4 members (excludes halogenated alkanes) is 3. The lowest BCUT2D eigenvalue weighted by atomic mass is 10.0. The van der Waals surface area contributed by atoms with Crippen molar-refractivity contribution in [1.29, 1.82) is 0 Å². The molecule has 0 saturated heterocycles. The molecule has 0 spiro atoms. The Hall–Kier alpha value is -2.75. The van der Waals surface area contributed by atoms with E-state index in [1.165, 1.54) is 36.6 Å². The standard InChI is InChI=1S/C24H29NO3/c1-4-5-6-7-8-18-15-25-22-10-9-20(14-21(18)22)28-24-17(3)11-16(2)12-19(24)13-23(26)27/h9-12,14-15,25H,4-8,13H2,1-3H3,(H,26,27). The fourth-order valence-electron chi connectivity index (χ4n) is 3.77. The highest BCUT2D eigenvalue weighted by molar-refractivity contribution is 5.84. The van der Waals surface area contributed by atoms with Crippen LogP contribution in [0.25, 0.3) is 10.9 Å². The average Bonchev–Trinajstić information content (AvgIpc) is 3.03. The van der Waals surface area contributed by atoms with Crippen LogP contribution in [0.2, 0.25) is 0 Å². The summed E-state index contributed by atoms with van der Waals surface area (Å²) in [5, 5.41) is 10.4. The van der Waals surface area contributed by atoms with Crippen LogP contribution in [-0.4, -0.2) is 16.1 Å². The van der Waals surface area contributed by atoms with E-state index in [1.807, 2.05) is 38.1 Å². The molecular formula is C24H29NO3. The molecule has 28 heavy (non-hydrogen) atoms. The number of benzene rings is 2. The van der Waals surface area contributed by atoms with E-state index in [0.717, 1.165) is 28.8 Å². The van der Waals surface area contributed by atoms with E-state index in [-0.39, 0.29) is 6.42 Å². The van der Waals surface area contributed by atoms with Crippen LogP contribution in [0.5, 0.6) is 11.5 Å². The quantitative estimate of drug-likeness (QED) is 0.427. The van der Waals surface area contributed by atoms with Crippen LogP contribution in [0.3, 0.4) is 0 Å². The lowest BCUT2D eigenvalue weighted by molar-refractivity contribution is -0.136. The number of carbonyl (C=O) groups is 1. The number of rotatable bonds is 9. The van der Waals surface area contributed by atoms with Gasteiger partial charge in [-0.1, -0.05) is 43.9 Å². The number of carboxylic acid groups (broad SMARTS) is 1. The van der Waals surface area contributed by atoms with Gasteiger partial charge in [-0.3, -0.25) is 4.79 Å². The number of fused-ring (bicyclic) bond motifs is 1. The van der Waals surface area contributed by atoms with Gasteiger partial charge in [-0.05, 0) is 56.0 Å². The molecule has 0 amide bonds. The van der Waals surface area contributed by atoms with Gasteiger partial charge in [0, 0.05) is 22.7 Å². The third-order valence-corrected chi connectivity index (χ3v) is 5.10. The Morgan fingerprint density at radius 3 is 2.64 bits per heavy atom. The van der Waals surface area contributed by atoms with Gasteiger partial charge in [-0.15, -0.1) is 0 Å². The monoisotopic (exact) mass is 379 g/mol. The zero-order valence-corrected chi connectivity index (χ0v) is 17.0. The fourth-order valence-corrected chi connectivity index (χ4v) is 3.77. The zero-order chi connectivity index (χ0) is 20.1. The third-order valence-electron chi connectivity index (χ3n) is 5.10. The van der Waals surface area contributed by atoms with Crippen molar-refractivity contribution in [3.8, 4) is 11.5 Å². The summed E-state index contributed by atoms with van der Waals surface area (Å²) < 4.78 is 6.19. The number of aliphatic carboxylic acids is 1. The van der Waals surface area contributed by atoms with Crippen molar-refractivity contribution < 1.29 is 14.6 Å². The van der Waals surface area contributed by atoms with Crippen molar-refractivity contribution in [3.05, 3.63) is 58.8 Å². The molecule has 4 heteroatoms. The maximum absolute atomic E-state index is 11.3. The Balaban J connectivity index is 1.87. The molecule has 3 rings (SSSR count). The second-order valence-electron chi connectivity index (χ2n) is 7.57. The van der Waals surface area contributed by atoms with Crippen molar-refractivity contribution in [2.75, 3.05) is 0 Å². The molecule has 0 aliphatic heterocycles. The van der Waals surface area contributed by atoms with Crippen LogP contribution in [-0.2, 0) is 17.6 Å². The van der Waals surface area contributed by atoms with Gasteiger partial charge in [-0.2, -0.15) is 0 Å². The Bertz CT molecular complexity index is 971. The first-order chi connectivity index (χ1) is 13.5. The van der Waals surface area contributed by atoms with Crippen LogP contribution in [0, 0.1) is 13.8 Å². The molecule has 0 bridgehead atoms. The number of H-pyrrole nitrogens is 1. The highest BCUT2D eigenvalue weighted by atomic mass is 16.5. The molecule has 1 heterocycles. The molecule has 0 radical (unpaired) electrons. The second kappa shape index (κ2) is 8.96. The SMILES string of the molecule is CCCCCCc1c[nH]c2ccc(Oc3c(C)cc(C)cc3CC(=O)O)cc12. The largest absolute Gasteiger partial charge is 0.481 e. The summed E-state index contributed by atoms with van der Waals surface area (Å²) in [5.41, 5.74) is 5.10. The molecule has 1 aromatic heterocycles.